The third-order valence-electron chi connectivity index (χ3n) is 4.56. The summed E-state index contributed by atoms with van der Waals surface area (Å²) in [5.41, 5.74) is 5.29. The molecule has 0 spiro atoms. The van der Waals surface area contributed by atoms with Crippen LogP contribution in [0.5, 0.6) is 0 Å². The van der Waals surface area contributed by atoms with Crippen molar-refractivity contribution < 1.29 is 20.1 Å². The summed E-state index contributed by atoms with van der Waals surface area (Å²) in [4.78, 5) is 4.65. The van der Waals surface area contributed by atoms with Crippen LogP contribution in [0.2, 0.25) is 0 Å². The van der Waals surface area contributed by atoms with Gasteiger partial charge in [0.05, 0.1) is 0 Å². The van der Waals surface area contributed by atoms with E-state index in [1.807, 2.05) is 12.1 Å². The molecule has 2 aromatic rings. The summed E-state index contributed by atoms with van der Waals surface area (Å²) in [7, 11) is 0. The van der Waals surface area contributed by atoms with Crippen molar-refractivity contribution in [1.29, 1.82) is 0 Å². The van der Waals surface area contributed by atoms with E-state index in [4.69, 9.17) is 0 Å². The molecule has 1 fully saturated rings. The molecule has 3 aliphatic rings. The van der Waals surface area contributed by atoms with Gasteiger partial charge in [0.2, 0.25) is 0 Å². The van der Waals surface area contributed by atoms with Gasteiger partial charge >= 0.3 is 0 Å². The summed E-state index contributed by atoms with van der Waals surface area (Å²) in [6.45, 7) is 0. The minimum atomic E-state index is 0. The SMILES string of the molecule is [Ir].[c-]1ccccc1-c1cc2c(cn1)C1CCC2CC1. The average molecular weight is 427 g/mol. The van der Waals surface area contributed by atoms with Crippen molar-refractivity contribution in [2.75, 3.05) is 0 Å². The van der Waals surface area contributed by atoms with Crippen molar-refractivity contribution in [3.63, 3.8) is 0 Å². The maximum atomic E-state index is 4.65. The Balaban J connectivity index is 0.00000110. The monoisotopic (exact) mass is 427 g/mol. The first-order valence-electron chi connectivity index (χ1n) is 6.89. The van der Waals surface area contributed by atoms with Gasteiger partial charge in [-0.25, -0.2) is 0 Å². The molecule has 99 valence electrons. The van der Waals surface area contributed by atoms with Crippen molar-refractivity contribution in [2.45, 2.75) is 37.5 Å². The molecule has 0 N–H and O–H groups in total. The third kappa shape index (κ3) is 2.17. The van der Waals surface area contributed by atoms with Gasteiger partial charge in [-0.15, -0.1) is 35.9 Å². The summed E-state index contributed by atoms with van der Waals surface area (Å²) in [6.07, 6.45) is 7.62. The number of aromatic nitrogens is 1. The molecule has 1 heterocycles. The number of hydrogen-bond donors (Lipinski definition) is 0. The molecule has 0 unspecified atom stereocenters. The van der Waals surface area contributed by atoms with Crippen LogP contribution in [0.3, 0.4) is 0 Å². The topological polar surface area (TPSA) is 12.9 Å². The molecule has 3 aliphatic carbocycles. The Morgan fingerprint density at radius 3 is 2.42 bits per heavy atom. The Labute approximate surface area is 127 Å². The molecule has 19 heavy (non-hydrogen) atoms. The van der Waals surface area contributed by atoms with E-state index in [0.29, 0.717) is 0 Å². The van der Waals surface area contributed by atoms with Gasteiger partial charge in [-0.1, -0.05) is 6.07 Å². The zero-order valence-electron chi connectivity index (χ0n) is 10.7. The molecule has 0 saturated heterocycles. The van der Waals surface area contributed by atoms with E-state index in [9.17, 15) is 0 Å². The van der Waals surface area contributed by atoms with Crippen molar-refractivity contribution in [2.24, 2.45) is 0 Å². The van der Waals surface area contributed by atoms with Crippen LogP contribution in [0.15, 0.2) is 36.5 Å². The average Bonchev–Trinajstić information content (AvgIpc) is 2.49. The fourth-order valence-corrected chi connectivity index (χ4v) is 3.59. The molecule has 1 saturated carbocycles. The number of pyridine rings is 1. The summed E-state index contributed by atoms with van der Waals surface area (Å²) in [5.74, 6) is 1.57. The first-order valence-corrected chi connectivity index (χ1v) is 6.89. The van der Waals surface area contributed by atoms with Gasteiger partial charge in [0.1, 0.15) is 0 Å². The molecule has 0 aliphatic heterocycles. The predicted octanol–water partition coefficient (Wildman–Crippen LogP) is 4.30. The Morgan fingerprint density at radius 2 is 1.74 bits per heavy atom. The van der Waals surface area contributed by atoms with Crippen molar-refractivity contribution in [3.05, 3.63) is 53.7 Å². The largest absolute Gasteiger partial charge is 0.304 e. The Hall–Kier alpha value is -0.981. The van der Waals surface area contributed by atoms with Gasteiger partial charge in [-0.2, -0.15) is 0 Å². The second-order valence-electron chi connectivity index (χ2n) is 5.52. The van der Waals surface area contributed by atoms with E-state index >= 15 is 0 Å². The predicted molar refractivity (Wildman–Crippen MR) is 72.5 cm³/mol. The second-order valence-corrected chi connectivity index (χ2v) is 5.52. The van der Waals surface area contributed by atoms with Gasteiger partial charge in [-0.05, 0) is 54.3 Å². The Kier molecular flexibility index (Phi) is 3.55. The maximum absolute atomic E-state index is 4.65. The Bertz CT molecular complexity index is 571. The zero-order chi connectivity index (χ0) is 11.9. The van der Waals surface area contributed by atoms with E-state index in [1.54, 1.807) is 5.56 Å². The standard InChI is InChI=1S/C17H16N.Ir/c1-2-4-14(5-3-1)17-10-15-12-6-8-13(9-7-12)16(15)11-18-17;/h1-4,10-13H,6-9H2;/q-1;. The molecule has 1 aromatic heterocycles. The smallest absolute Gasteiger partial charge is 0.0198 e. The minimum absolute atomic E-state index is 0. The Morgan fingerprint density at radius 1 is 1.00 bits per heavy atom. The molecule has 1 aromatic carbocycles. The first-order chi connectivity index (χ1) is 8.92. The van der Waals surface area contributed by atoms with Gasteiger partial charge in [0, 0.05) is 26.3 Å². The van der Waals surface area contributed by atoms with E-state index in [-0.39, 0.29) is 20.1 Å². The fraction of sp³-hybridized carbons (Fsp3) is 0.353. The van der Waals surface area contributed by atoms with E-state index in [1.165, 1.54) is 31.2 Å². The number of rotatable bonds is 1. The first kappa shape index (κ1) is 13.0. The number of nitrogens with zero attached hydrogens (tertiary/aromatic N) is 1. The third-order valence-corrected chi connectivity index (χ3v) is 4.56. The molecule has 0 atom stereocenters. The molecule has 0 amide bonds. The van der Waals surface area contributed by atoms with Gasteiger partial charge in [0.25, 0.3) is 0 Å². The number of fused-ring (bicyclic) bond motifs is 2. The maximum Gasteiger partial charge on any atom is 0.0198 e. The van der Waals surface area contributed by atoms with Crippen molar-refractivity contribution in [1.82, 2.24) is 4.98 Å². The van der Waals surface area contributed by atoms with Crippen LogP contribution in [0.25, 0.3) is 11.3 Å². The van der Waals surface area contributed by atoms with Gasteiger partial charge in [-0.3, -0.25) is 0 Å². The van der Waals surface area contributed by atoms with Crippen molar-refractivity contribution in [3.8, 4) is 11.3 Å². The van der Waals surface area contributed by atoms with Gasteiger partial charge < -0.3 is 4.98 Å². The molecule has 2 bridgehead atoms. The minimum Gasteiger partial charge on any atom is -0.304 e. The summed E-state index contributed by atoms with van der Waals surface area (Å²) >= 11 is 0. The van der Waals surface area contributed by atoms with Crippen LogP contribution in [-0.2, 0) is 20.1 Å². The zero-order valence-corrected chi connectivity index (χ0v) is 13.1. The number of benzene rings is 1. The second kappa shape index (κ2) is 5.19. The van der Waals surface area contributed by atoms with Crippen LogP contribution in [0.1, 0.15) is 48.6 Å². The van der Waals surface area contributed by atoms with Gasteiger partial charge in [0.15, 0.2) is 0 Å². The van der Waals surface area contributed by atoms with Crippen LogP contribution < -0.4 is 0 Å². The van der Waals surface area contributed by atoms with Crippen LogP contribution in [0, 0.1) is 6.07 Å². The van der Waals surface area contributed by atoms with E-state index in [0.717, 1.165) is 23.1 Å². The molecule has 1 nitrogen and oxygen atoms in total. The van der Waals surface area contributed by atoms with Crippen molar-refractivity contribution >= 4 is 0 Å². The molecule has 5 rings (SSSR count). The molecule has 1 radical (unpaired) electrons. The number of hydrogen-bond acceptors (Lipinski definition) is 1. The normalized spacial score (nSPS) is 23.6. The summed E-state index contributed by atoms with van der Waals surface area (Å²) in [5, 5.41) is 0. The molecular weight excluding hydrogens is 410 g/mol. The van der Waals surface area contributed by atoms with Crippen LogP contribution in [-0.4, -0.2) is 4.98 Å². The van der Waals surface area contributed by atoms with Crippen LogP contribution in [0.4, 0.5) is 0 Å². The molecule has 2 heteroatoms. The summed E-state index contributed by atoms with van der Waals surface area (Å²) in [6, 6.07) is 13.7. The fourth-order valence-electron chi connectivity index (χ4n) is 3.59. The molecular formula is C17H16IrN-. The summed E-state index contributed by atoms with van der Waals surface area (Å²) < 4.78 is 0. The van der Waals surface area contributed by atoms with E-state index in [2.05, 4.69) is 35.4 Å². The van der Waals surface area contributed by atoms with Crippen LogP contribution >= 0.6 is 0 Å². The van der Waals surface area contributed by atoms with E-state index < -0.39 is 0 Å². The quantitative estimate of drug-likeness (QED) is 0.620.